The second-order valence-corrected chi connectivity index (χ2v) is 13.2. The molecule has 0 aliphatic rings. The Balaban J connectivity index is 1.40. The molecule has 6 heteroatoms. The van der Waals surface area contributed by atoms with Gasteiger partial charge in [0.05, 0.1) is 40.8 Å². The molecule has 0 aliphatic heterocycles. The first-order valence-electron chi connectivity index (χ1n) is 17.8. The van der Waals surface area contributed by atoms with E-state index in [1.165, 1.54) is 0 Å². The molecular formula is C48H36N2O4. The molecule has 0 amide bonds. The van der Waals surface area contributed by atoms with Crippen molar-refractivity contribution in [2.24, 2.45) is 0 Å². The van der Waals surface area contributed by atoms with Crippen LogP contribution in [0.1, 0.15) is 0 Å². The van der Waals surface area contributed by atoms with E-state index < -0.39 is 0 Å². The lowest BCUT2D eigenvalue weighted by atomic mass is 9.83. The number of hydrogen-bond donors (Lipinski definition) is 0. The fourth-order valence-electron chi connectivity index (χ4n) is 8.08. The summed E-state index contributed by atoms with van der Waals surface area (Å²) >= 11 is 0. The lowest BCUT2D eigenvalue weighted by Gasteiger charge is -2.22. The SMILES string of the molecule is COc1cncc(-c2c3ccccc3c(-c3cc(-c4c5ccccc5c(-c5cncc(OC)c5)c5ccccc45)c(OC)cc3OC)c3ccccc23)c1. The van der Waals surface area contributed by atoms with Crippen LogP contribution in [0.3, 0.4) is 0 Å². The Labute approximate surface area is 313 Å². The third-order valence-corrected chi connectivity index (χ3v) is 10.4. The highest BCUT2D eigenvalue weighted by atomic mass is 16.5. The van der Waals surface area contributed by atoms with Gasteiger partial charge in [0, 0.05) is 51.8 Å². The highest BCUT2D eigenvalue weighted by Crippen LogP contribution is 2.51. The van der Waals surface area contributed by atoms with Gasteiger partial charge in [-0.3, -0.25) is 9.97 Å². The number of rotatable bonds is 8. The molecule has 54 heavy (non-hydrogen) atoms. The van der Waals surface area contributed by atoms with Crippen molar-refractivity contribution in [1.82, 2.24) is 9.97 Å². The number of methoxy groups -OCH3 is 4. The summed E-state index contributed by atoms with van der Waals surface area (Å²) in [6.45, 7) is 0. The molecule has 0 spiro atoms. The highest BCUT2D eigenvalue weighted by molar-refractivity contribution is 6.24. The van der Waals surface area contributed by atoms with Gasteiger partial charge in [-0.25, -0.2) is 0 Å². The molecule has 0 saturated heterocycles. The van der Waals surface area contributed by atoms with Crippen molar-refractivity contribution >= 4 is 43.1 Å². The number of fused-ring (bicyclic) bond motifs is 4. The van der Waals surface area contributed by atoms with Crippen molar-refractivity contribution in [2.75, 3.05) is 28.4 Å². The van der Waals surface area contributed by atoms with Gasteiger partial charge in [-0.15, -0.1) is 0 Å². The third kappa shape index (κ3) is 5.26. The molecule has 0 unspecified atom stereocenters. The van der Waals surface area contributed by atoms with Gasteiger partial charge < -0.3 is 18.9 Å². The van der Waals surface area contributed by atoms with E-state index in [4.69, 9.17) is 18.9 Å². The van der Waals surface area contributed by atoms with Crippen LogP contribution in [0.4, 0.5) is 0 Å². The minimum absolute atomic E-state index is 0.708. The van der Waals surface area contributed by atoms with Crippen LogP contribution < -0.4 is 18.9 Å². The lowest BCUT2D eigenvalue weighted by molar-refractivity contribution is 0.396. The van der Waals surface area contributed by atoms with Crippen molar-refractivity contribution in [2.45, 2.75) is 0 Å². The summed E-state index contributed by atoms with van der Waals surface area (Å²) in [4.78, 5) is 9.07. The second kappa shape index (κ2) is 13.6. The minimum atomic E-state index is 0.708. The zero-order valence-electron chi connectivity index (χ0n) is 30.4. The van der Waals surface area contributed by atoms with Gasteiger partial charge >= 0.3 is 0 Å². The van der Waals surface area contributed by atoms with E-state index in [0.29, 0.717) is 11.5 Å². The monoisotopic (exact) mass is 704 g/mol. The summed E-state index contributed by atoms with van der Waals surface area (Å²) in [7, 11) is 6.79. The summed E-state index contributed by atoms with van der Waals surface area (Å²) in [5, 5.41) is 8.80. The number of ether oxygens (including phenoxy) is 4. The van der Waals surface area contributed by atoms with Crippen LogP contribution in [0, 0.1) is 0 Å². The molecule has 2 aromatic heterocycles. The van der Waals surface area contributed by atoms with E-state index in [9.17, 15) is 0 Å². The Morgan fingerprint density at radius 1 is 0.333 bits per heavy atom. The fraction of sp³-hybridized carbons (Fsp3) is 0.0833. The number of aromatic nitrogens is 2. The van der Waals surface area contributed by atoms with Crippen LogP contribution in [0.15, 0.2) is 146 Å². The average Bonchev–Trinajstić information content (AvgIpc) is 3.24. The Morgan fingerprint density at radius 2 is 0.648 bits per heavy atom. The van der Waals surface area contributed by atoms with Crippen LogP contribution in [0.5, 0.6) is 23.0 Å². The van der Waals surface area contributed by atoms with Gasteiger partial charge in [0.15, 0.2) is 0 Å². The number of hydrogen-bond acceptors (Lipinski definition) is 6. The molecule has 2 heterocycles. The summed E-state index contributed by atoms with van der Waals surface area (Å²) in [5.74, 6) is 2.85. The molecule has 0 fully saturated rings. The van der Waals surface area contributed by atoms with Crippen molar-refractivity contribution < 1.29 is 18.9 Å². The Kier molecular flexibility index (Phi) is 8.28. The maximum absolute atomic E-state index is 6.22. The summed E-state index contributed by atoms with van der Waals surface area (Å²) in [5.41, 5.74) is 8.26. The van der Waals surface area contributed by atoms with Gasteiger partial charge in [-0.05, 0) is 72.4 Å². The summed E-state index contributed by atoms with van der Waals surface area (Å²) in [6.07, 6.45) is 7.28. The lowest BCUT2D eigenvalue weighted by Crippen LogP contribution is -1.98. The van der Waals surface area contributed by atoms with Crippen molar-refractivity contribution in [3.8, 4) is 67.5 Å². The topological polar surface area (TPSA) is 62.7 Å². The van der Waals surface area contributed by atoms with Crippen molar-refractivity contribution in [3.05, 3.63) is 146 Å². The van der Waals surface area contributed by atoms with E-state index in [1.807, 2.05) is 18.5 Å². The van der Waals surface area contributed by atoms with E-state index in [1.54, 1.807) is 40.8 Å². The van der Waals surface area contributed by atoms with Crippen LogP contribution in [0.25, 0.3) is 87.6 Å². The van der Waals surface area contributed by atoms with E-state index in [2.05, 4.69) is 125 Å². The van der Waals surface area contributed by atoms with Crippen molar-refractivity contribution in [3.63, 3.8) is 0 Å². The third-order valence-electron chi connectivity index (χ3n) is 10.4. The number of pyridine rings is 2. The maximum atomic E-state index is 6.22. The van der Waals surface area contributed by atoms with E-state index in [0.717, 1.165) is 99.1 Å². The van der Waals surface area contributed by atoms with Crippen LogP contribution in [-0.2, 0) is 0 Å². The van der Waals surface area contributed by atoms with Crippen LogP contribution in [-0.4, -0.2) is 38.4 Å². The summed E-state index contributed by atoms with van der Waals surface area (Å²) < 4.78 is 23.7. The molecule has 0 atom stereocenters. The number of nitrogens with zero attached hydrogens (tertiary/aromatic N) is 2. The van der Waals surface area contributed by atoms with Gasteiger partial charge in [0.2, 0.25) is 0 Å². The first kappa shape index (κ1) is 33.0. The molecule has 0 N–H and O–H groups in total. The maximum Gasteiger partial charge on any atom is 0.137 e. The van der Waals surface area contributed by atoms with Crippen LogP contribution >= 0.6 is 0 Å². The quantitative estimate of drug-likeness (QED) is 0.147. The molecule has 0 aliphatic carbocycles. The van der Waals surface area contributed by atoms with Gasteiger partial charge in [0.1, 0.15) is 23.0 Å². The van der Waals surface area contributed by atoms with Gasteiger partial charge in [-0.1, -0.05) is 97.1 Å². The molecule has 7 aromatic carbocycles. The predicted octanol–water partition coefficient (Wildman–Crippen LogP) is 11.8. The molecular weight excluding hydrogens is 669 g/mol. The molecule has 262 valence electrons. The smallest absolute Gasteiger partial charge is 0.137 e. The molecule has 0 bridgehead atoms. The number of benzene rings is 7. The normalized spacial score (nSPS) is 11.3. The molecule has 9 aromatic rings. The Hall–Kier alpha value is -6.92. The van der Waals surface area contributed by atoms with Crippen molar-refractivity contribution in [1.29, 1.82) is 0 Å². The predicted molar refractivity (Wildman–Crippen MR) is 220 cm³/mol. The Bertz CT molecular complexity index is 2590. The first-order chi connectivity index (χ1) is 26.6. The second-order valence-electron chi connectivity index (χ2n) is 13.2. The zero-order chi connectivity index (χ0) is 36.8. The van der Waals surface area contributed by atoms with Gasteiger partial charge in [-0.2, -0.15) is 0 Å². The molecule has 0 saturated carbocycles. The van der Waals surface area contributed by atoms with Gasteiger partial charge in [0.25, 0.3) is 0 Å². The largest absolute Gasteiger partial charge is 0.496 e. The van der Waals surface area contributed by atoms with E-state index in [-0.39, 0.29) is 0 Å². The minimum Gasteiger partial charge on any atom is -0.496 e. The van der Waals surface area contributed by atoms with Crippen LogP contribution in [0.2, 0.25) is 0 Å². The molecule has 9 rings (SSSR count). The Morgan fingerprint density at radius 3 is 0.944 bits per heavy atom. The highest BCUT2D eigenvalue weighted by Gasteiger charge is 2.24. The van der Waals surface area contributed by atoms with E-state index >= 15 is 0 Å². The molecule has 0 radical (unpaired) electrons. The zero-order valence-corrected chi connectivity index (χ0v) is 30.4. The standard InChI is InChI=1S/C48H36N2O4/c1-51-31-21-29(25-49-27-31)45-33-13-5-9-17-37(33)47(38-18-10-6-14-34(38)45)41-23-42(44(54-4)24-43(41)53-3)48-39-19-11-7-15-35(39)46(36-16-8-12-20-40(36)48)30-22-32(52-2)28-50-26-30/h5-28H,1-4H3. The average molecular weight is 705 g/mol. The fourth-order valence-corrected chi connectivity index (χ4v) is 8.08. The molecule has 6 nitrogen and oxygen atoms in total. The first-order valence-corrected chi connectivity index (χ1v) is 17.8. The summed E-state index contributed by atoms with van der Waals surface area (Å²) in [6, 6.07) is 42.6.